The summed E-state index contributed by atoms with van der Waals surface area (Å²) in [7, 11) is 1.84. The molecule has 0 aliphatic heterocycles. The number of nitrogens with zero attached hydrogens (tertiary/aromatic N) is 1. The zero-order valence-electron chi connectivity index (χ0n) is 13.1. The summed E-state index contributed by atoms with van der Waals surface area (Å²) in [6.45, 7) is 0.811. The quantitative estimate of drug-likeness (QED) is 0.682. The van der Waals surface area contributed by atoms with Crippen LogP contribution in [0, 0.1) is 0 Å². The molecule has 0 bridgehead atoms. The van der Waals surface area contributed by atoms with Crippen LogP contribution in [0.2, 0.25) is 0 Å². The van der Waals surface area contributed by atoms with Crippen LogP contribution in [0.1, 0.15) is 15.9 Å². The fourth-order valence-corrected chi connectivity index (χ4v) is 2.81. The van der Waals surface area contributed by atoms with Gasteiger partial charge in [-0.3, -0.25) is 25.3 Å². The Balaban J connectivity index is 1.79. The second-order valence-electron chi connectivity index (χ2n) is 5.28. The summed E-state index contributed by atoms with van der Waals surface area (Å²) < 4.78 is 1.69. The molecule has 0 saturated carbocycles. The highest BCUT2D eigenvalue weighted by molar-refractivity contribution is 9.10. The summed E-state index contributed by atoms with van der Waals surface area (Å²) in [6, 6.07) is 14.9. The van der Waals surface area contributed by atoms with Crippen LogP contribution in [-0.2, 0) is 11.3 Å². The Morgan fingerprint density at radius 1 is 1.00 bits per heavy atom. The molecule has 2 N–H and O–H groups in total. The van der Waals surface area contributed by atoms with Crippen LogP contribution in [0.5, 0.6) is 0 Å². The molecule has 0 saturated heterocycles. The molecule has 7 heteroatoms. The van der Waals surface area contributed by atoms with Gasteiger partial charge in [-0.15, -0.1) is 0 Å². The van der Waals surface area contributed by atoms with Crippen molar-refractivity contribution in [3.05, 3.63) is 68.6 Å². The maximum absolute atomic E-state index is 12.0. The predicted octanol–water partition coefficient (Wildman–Crippen LogP) is 3.10. The van der Waals surface area contributed by atoms with E-state index in [2.05, 4.69) is 42.7 Å². The van der Waals surface area contributed by atoms with E-state index in [-0.39, 0.29) is 18.4 Å². The molecule has 0 aliphatic rings. The minimum absolute atomic E-state index is 0.173. The molecule has 5 nitrogen and oxygen atoms in total. The van der Waals surface area contributed by atoms with Gasteiger partial charge in [0.05, 0.1) is 12.1 Å². The molecule has 2 amide bonds. The topological polar surface area (TPSA) is 61.4 Å². The maximum Gasteiger partial charge on any atom is 0.270 e. The second kappa shape index (κ2) is 8.96. The van der Waals surface area contributed by atoms with Crippen molar-refractivity contribution >= 4 is 43.7 Å². The largest absolute Gasteiger partial charge is 0.293 e. The molecule has 0 unspecified atom stereocenters. The van der Waals surface area contributed by atoms with Gasteiger partial charge in [0.1, 0.15) is 0 Å². The first kappa shape index (κ1) is 18.6. The first-order valence-electron chi connectivity index (χ1n) is 7.22. The molecule has 0 radical (unpaired) electrons. The molecule has 2 aromatic rings. The molecular weight excluding hydrogens is 438 g/mol. The molecule has 0 aliphatic carbocycles. The molecule has 0 atom stereocenters. The Hall–Kier alpha value is -1.70. The van der Waals surface area contributed by atoms with E-state index < -0.39 is 0 Å². The van der Waals surface area contributed by atoms with Crippen LogP contribution in [0.25, 0.3) is 0 Å². The van der Waals surface area contributed by atoms with Crippen LogP contribution in [0.15, 0.2) is 57.5 Å². The van der Waals surface area contributed by atoms with E-state index in [1.165, 1.54) is 0 Å². The Kier molecular flexibility index (Phi) is 6.96. The van der Waals surface area contributed by atoms with Crippen LogP contribution in [-0.4, -0.2) is 30.3 Å². The van der Waals surface area contributed by atoms with Gasteiger partial charge in [-0.2, -0.15) is 0 Å². The monoisotopic (exact) mass is 453 g/mol. The fraction of sp³-hybridized carbons (Fsp3) is 0.176. The van der Waals surface area contributed by atoms with Gasteiger partial charge in [-0.1, -0.05) is 40.2 Å². The second-order valence-corrected chi connectivity index (χ2v) is 7.05. The van der Waals surface area contributed by atoms with E-state index >= 15 is 0 Å². The van der Waals surface area contributed by atoms with Crippen molar-refractivity contribution in [3.63, 3.8) is 0 Å². The van der Waals surface area contributed by atoms with Crippen molar-refractivity contribution in [1.82, 2.24) is 15.8 Å². The van der Waals surface area contributed by atoms with Crippen LogP contribution >= 0.6 is 31.9 Å². The van der Waals surface area contributed by atoms with E-state index in [0.717, 1.165) is 10.0 Å². The van der Waals surface area contributed by atoms with Gasteiger partial charge in [0.25, 0.3) is 11.8 Å². The summed E-state index contributed by atoms with van der Waals surface area (Å²) in [5, 5.41) is 0. The molecule has 24 heavy (non-hydrogen) atoms. The third-order valence-corrected chi connectivity index (χ3v) is 4.43. The first-order chi connectivity index (χ1) is 11.5. The number of halogens is 2. The third kappa shape index (κ3) is 5.74. The van der Waals surface area contributed by atoms with Gasteiger partial charge in [0, 0.05) is 15.5 Å². The lowest BCUT2D eigenvalue weighted by molar-refractivity contribution is -0.122. The van der Waals surface area contributed by atoms with E-state index in [9.17, 15) is 9.59 Å². The Morgan fingerprint density at radius 2 is 1.67 bits per heavy atom. The van der Waals surface area contributed by atoms with Crippen LogP contribution in [0.4, 0.5) is 0 Å². The average molecular weight is 455 g/mol. The Morgan fingerprint density at radius 3 is 2.33 bits per heavy atom. The number of hydrazine groups is 1. The Labute approximate surface area is 157 Å². The van der Waals surface area contributed by atoms with Crippen molar-refractivity contribution in [2.24, 2.45) is 0 Å². The van der Waals surface area contributed by atoms with Gasteiger partial charge < -0.3 is 0 Å². The lowest BCUT2D eigenvalue weighted by atomic mass is 10.2. The lowest BCUT2D eigenvalue weighted by Gasteiger charge is -2.16. The SMILES string of the molecule is CN(CC(=O)NNC(=O)c1ccccc1Br)Cc1ccc(Br)cc1. The number of benzene rings is 2. The lowest BCUT2D eigenvalue weighted by Crippen LogP contribution is -2.45. The highest BCUT2D eigenvalue weighted by Gasteiger charge is 2.11. The molecule has 0 spiro atoms. The van der Waals surface area contributed by atoms with Gasteiger partial charge in [0.15, 0.2) is 0 Å². The molecule has 126 valence electrons. The predicted molar refractivity (Wildman–Crippen MR) is 100 cm³/mol. The fourth-order valence-electron chi connectivity index (χ4n) is 2.08. The normalized spacial score (nSPS) is 10.5. The molecule has 2 aromatic carbocycles. The Bertz CT molecular complexity index is 720. The van der Waals surface area contributed by atoms with E-state index in [1.807, 2.05) is 42.3 Å². The van der Waals surface area contributed by atoms with Gasteiger partial charge >= 0.3 is 0 Å². The zero-order chi connectivity index (χ0) is 17.5. The summed E-state index contributed by atoms with van der Waals surface area (Å²) in [5.74, 6) is -0.651. The van der Waals surface area contributed by atoms with Gasteiger partial charge in [-0.25, -0.2) is 0 Å². The molecule has 0 fully saturated rings. The number of likely N-dealkylation sites (N-methyl/N-ethyl adjacent to an activating group) is 1. The molecular formula is C17H17Br2N3O2. The third-order valence-electron chi connectivity index (χ3n) is 3.21. The highest BCUT2D eigenvalue weighted by Crippen LogP contribution is 2.15. The average Bonchev–Trinajstić information content (AvgIpc) is 2.55. The summed E-state index contributed by atoms with van der Waals surface area (Å²) in [4.78, 5) is 25.8. The highest BCUT2D eigenvalue weighted by atomic mass is 79.9. The minimum atomic E-state index is -0.369. The number of carbonyl (C=O) groups excluding carboxylic acids is 2. The van der Waals surface area contributed by atoms with Crippen LogP contribution in [0.3, 0.4) is 0 Å². The van der Waals surface area contributed by atoms with Crippen molar-refractivity contribution in [1.29, 1.82) is 0 Å². The van der Waals surface area contributed by atoms with Gasteiger partial charge in [0.2, 0.25) is 0 Å². The minimum Gasteiger partial charge on any atom is -0.293 e. The standard InChI is InChI=1S/C17H17Br2N3O2/c1-22(10-12-6-8-13(18)9-7-12)11-16(23)20-21-17(24)14-4-2-3-5-15(14)19/h2-9H,10-11H2,1H3,(H,20,23)(H,21,24). The number of amides is 2. The van der Waals surface area contributed by atoms with Crippen molar-refractivity contribution < 1.29 is 9.59 Å². The summed E-state index contributed by atoms with van der Waals surface area (Å²) >= 11 is 6.69. The summed E-state index contributed by atoms with van der Waals surface area (Å²) in [6.07, 6.45) is 0. The smallest absolute Gasteiger partial charge is 0.270 e. The van der Waals surface area contributed by atoms with E-state index in [0.29, 0.717) is 16.6 Å². The number of rotatable bonds is 5. The number of hydrogen-bond acceptors (Lipinski definition) is 3. The maximum atomic E-state index is 12.0. The van der Waals surface area contributed by atoms with Gasteiger partial charge in [-0.05, 0) is 52.8 Å². The van der Waals surface area contributed by atoms with Crippen molar-refractivity contribution in [2.45, 2.75) is 6.54 Å². The number of nitrogens with one attached hydrogen (secondary N) is 2. The van der Waals surface area contributed by atoms with Crippen molar-refractivity contribution in [3.8, 4) is 0 Å². The molecule has 0 heterocycles. The molecule has 2 rings (SSSR count). The van der Waals surface area contributed by atoms with Crippen LogP contribution < -0.4 is 10.9 Å². The zero-order valence-corrected chi connectivity index (χ0v) is 16.2. The van der Waals surface area contributed by atoms with E-state index in [1.54, 1.807) is 18.2 Å². The number of hydrogen-bond donors (Lipinski definition) is 2. The molecule has 0 aromatic heterocycles. The first-order valence-corrected chi connectivity index (χ1v) is 8.81. The summed E-state index contributed by atoms with van der Waals surface area (Å²) in [5.41, 5.74) is 6.40. The van der Waals surface area contributed by atoms with Crippen molar-refractivity contribution in [2.75, 3.05) is 13.6 Å². The van der Waals surface area contributed by atoms with E-state index in [4.69, 9.17) is 0 Å². The number of carbonyl (C=O) groups is 2.